The van der Waals surface area contributed by atoms with Crippen molar-refractivity contribution >= 4 is 55.7 Å². The molecule has 2 aliphatic heterocycles. The molecule has 2 unspecified atom stereocenters. The van der Waals surface area contributed by atoms with Crippen LogP contribution in [0.3, 0.4) is 0 Å². The maximum absolute atomic E-state index is 13.7. The molecular weight excluding hydrogens is 572 g/mol. The quantitative estimate of drug-likeness (QED) is 0.127. The van der Waals surface area contributed by atoms with Gasteiger partial charge in [0.2, 0.25) is 0 Å². The van der Waals surface area contributed by atoms with Crippen molar-refractivity contribution in [3.05, 3.63) is 118 Å². The summed E-state index contributed by atoms with van der Waals surface area (Å²) in [6, 6.07) is 26.1. The Balaban J connectivity index is 1.38. The number of Topliss-reactive ketones (excluding diaryl/α,β-unsaturated/α-hetero) is 1. The Morgan fingerprint density at radius 3 is 2.64 bits per heavy atom. The lowest BCUT2D eigenvalue weighted by Crippen LogP contribution is -2.29. The number of halogens is 1. The first kappa shape index (κ1) is 26.3. The lowest BCUT2D eigenvalue weighted by molar-refractivity contribution is -0.132. The highest BCUT2D eigenvalue weighted by Gasteiger charge is 2.48. The summed E-state index contributed by atoms with van der Waals surface area (Å²) in [4.78, 5) is 33.4. The zero-order chi connectivity index (χ0) is 29.0. The van der Waals surface area contributed by atoms with Gasteiger partial charge in [-0.25, -0.2) is 4.98 Å². The first-order valence-corrected chi connectivity index (χ1v) is 14.5. The summed E-state index contributed by atoms with van der Waals surface area (Å²) < 4.78 is 12.6. The van der Waals surface area contributed by atoms with Gasteiger partial charge in [0.25, 0.3) is 5.78 Å². The molecule has 1 amide bonds. The van der Waals surface area contributed by atoms with Gasteiger partial charge in [-0.2, -0.15) is 0 Å². The Morgan fingerprint density at radius 2 is 1.81 bits per heavy atom. The summed E-state index contributed by atoms with van der Waals surface area (Å²) in [5.74, 6) is 0.0653. The predicted molar refractivity (Wildman–Crippen MR) is 163 cm³/mol. The second-order valence-corrected chi connectivity index (χ2v) is 11.7. The van der Waals surface area contributed by atoms with E-state index in [1.165, 1.54) is 16.2 Å². The highest BCUT2D eigenvalue weighted by molar-refractivity contribution is 7.22. The molecule has 1 fully saturated rings. The zero-order valence-electron chi connectivity index (χ0n) is 22.3. The van der Waals surface area contributed by atoms with E-state index in [1.54, 1.807) is 54.6 Å². The summed E-state index contributed by atoms with van der Waals surface area (Å²) in [7, 11) is 0. The number of hydrogen-bond acceptors (Lipinski definition) is 7. The van der Waals surface area contributed by atoms with Gasteiger partial charge in [0.1, 0.15) is 29.1 Å². The van der Waals surface area contributed by atoms with Gasteiger partial charge in [-0.05, 0) is 78.7 Å². The molecule has 0 radical (unpaired) electrons. The number of thiazole rings is 1. The van der Waals surface area contributed by atoms with Gasteiger partial charge in [-0.3, -0.25) is 14.5 Å². The number of anilines is 1. The smallest absolute Gasteiger partial charge is 0.301 e. The number of amides is 1. The van der Waals surface area contributed by atoms with Crippen molar-refractivity contribution < 1.29 is 24.2 Å². The van der Waals surface area contributed by atoms with Gasteiger partial charge in [0.05, 0.1) is 21.8 Å². The number of para-hydroxylation sites is 1. The fourth-order valence-corrected chi connectivity index (χ4v) is 6.70. The average molecular weight is 595 g/mol. The van der Waals surface area contributed by atoms with Crippen LogP contribution in [-0.2, 0) is 16.0 Å². The predicted octanol–water partition coefficient (Wildman–Crippen LogP) is 7.69. The Labute approximate surface area is 250 Å². The van der Waals surface area contributed by atoms with Crippen LogP contribution in [0.15, 0.2) is 96.6 Å². The van der Waals surface area contributed by atoms with Crippen LogP contribution < -0.4 is 14.4 Å². The third-order valence-corrected chi connectivity index (χ3v) is 8.56. The third kappa shape index (κ3) is 4.58. The minimum Gasteiger partial charge on any atom is -0.507 e. The molecule has 0 saturated carbocycles. The summed E-state index contributed by atoms with van der Waals surface area (Å²) >= 11 is 7.46. The molecule has 5 aromatic rings. The Bertz CT molecular complexity index is 1920. The number of hydrogen-bond donors (Lipinski definition) is 1. The van der Waals surface area contributed by atoms with Crippen molar-refractivity contribution in [3.63, 3.8) is 0 Å². The monoisotopic (exact) mass is 594 g/mol. The molecule has 4 aromatic carbocycles. The lowest BCUT2D eigenvalue weighted by atomic mass is 9.94. The lowest BCUT2D eigenvalue weighted by Gasteiger charge is -2.23. The van der Waals surface area contributed by atoms with Crippen molar-refractivity contribution in [1.29, 1.82) is 0 Å². The van der Waals surface area contributed by atoms with Crippen molar-refractivity contribution in [2.24, 2.45) is 0 Å². The second kappa shape index (κ2) is 10.3. The number of fused-ring (bicyclic) bond motifs is 2. The Morgan fingerprint density at radius 1 is 1.00 bits per heavy atom. The molecule has 42 heavy (non-hydrogen) atoms. The van der Waals surface area contributed by atoms with Gasteiger partial charge in [0.15, 0.2) is 5.13 Å². The number of ketones is 1. The number of ether oxygens (including phenoxy) is 2. The van der Waals surface area contributed by atoms with Gasteiger partial charge in [0, 0.05) is 17.0 Å². The third-order valence-electron chi connectivity index (χ3n) is 7.31. The number of carbonyl (C=O) groups excluding carboxylic acids is 2. The van der Waals surface area contributed by atoms with Crippen LogP contribution in [0, 0.1) is 0 Å². The number of benzene rings is 4. The Kier molecular flexibility index (Phi) is 6.45. The molecule has 0 bridgehead atoms. The van der Waals surface area contributed by atoms with E-state index in [1.807, 2.05) is 43.3 Å². The molecule has 2 aliphatic rings. The summed E-state index contributed by atoms with van der Waals surface area (Å²) in [5, 5.41) is 12.5. The molecule has 1 aromatic heterocycles. The van der Waals surface area contributed by atoms with E-state index in [2.05, 4.69) is 4.98 Å². The van der Waals surface area contributed by atoms with Gasteiger partial charge >= 0.3 is 5.91 Å². The maximum atomic E-state index is 13.7. The minimum absolute atomic E-state index is 0.0165. The highest BCUT2D eigenvalue weighted by atomic mass is 35.5. The van der Waals surface area contributed by atoms with E-state index >= 15 is 0 Å². The van der Waals surface area contributed by atoms with Crippen LogP contribution in [0.25, 0.3) is 16.0 Å². The molecular formula is C33H23ClN2O5S. The molecule has 0 spiro atoms. The molecule has 2 atom stereocenters. The van der Waals surface area contributed by atoms with Crippen molar-refractivity contribution in [2.75, 3.05) is 4.90 Å². The fourth-order valence-electron chi connectivity index (χ4n) is 5.43. The molecule has 7 nitrogen and oxygen atoms in total. The first-order chi connectivity index (χ1) is 20.4. The molecule has 1 N–H and O–H groups in total. The standard InChI is InChI=1S/C33H23ClN2O5S/c1-18-14-21-15-20(10-13-26(21)40-18)30(37)28-29(19-6-5-9-24(16-19)41-23-7-3-2-4-8-23)36(32(39)31(28)38)33-35-25-12-11-22(34)17-27(25)42-33/h2-13,15-18,29,37H,14H2,1H3/b30-28-. The van der Waals surface area contributed by atoms with E-state index in [9.17, 15) is 14.7 Å². The topological polar surface area (TPSA) is 89.0 Å². The van der Waals surface area contributed by atoms with Gasteiger partial charge in [-0.15, -0.1) is 0 Å². The molecule has 1 saturated heterocycles. The fraction of sp³-hybridized carbons (Fsp3) is 0.121. The largest absolute Gasteiger partial charge is 0.507 e. The van der Waals surface area contributed by atoms with Crippen LogP contribution in [0.5, 0.6) is 17.2 Å². The Hall–Kier alpha value is -4.66. The van der Waals surface area contributed by atoms with E-state index in [-0.39, 0.29) is 17.4 Å². The number of aliphatic hydroxyl groups excluding tert-OH is 1. The van der Waals surface area contributed by atoms with Crippen LogP contribution in [0.4, 0.5) is 5.13 Å². The van der Waals surface area contributed by atoms with Crippen molar-refractivity contribution in [1.82, 2.24) is 4.98 Å². The molecule has 7 rings (SSSR count). The maximum Gasteiger partial charge on any atom is 0.301 e. The summed E-state index contributed by atoms with van der Waals surface area (Å²) in [6.45, 7) is 1.97. The van der Waals surface area contributed by atoms with Gasteiger partial charge < -0.3 is 14.6 Å². The van der Waals surface area contributed by atoms with E-state index in [0.717, 1.165) is 16.0 Å². The zero-order valence-corrected chi connectivity index (χ0v) is 23.9. The summed E-state index contributed by atoms with van der Waals surface area (Å²) in [6.07, 6.45) is 0.698. The number of aromatic nitrogens is 1. The van der Waals surface area contributed by atoms with Crippen LogP contribution >= 0.6 is 22.9 Å². The number of nitrogens with zero attached hydrogens (tertiary/aromatic N) is 2. The second-order valence-electron chi connectivity index (χ2n) is 10.2. The highest BCUT2D eigenvalue weighted by Crippen LogP contribution is 2.45. The first-order valence-electron chi connectivity index (χ1n) is 13.4. The van der Waals surface area contributed by atoms with Crippen LogP contribution in [0.1, 0.15) is 29.7 Å². The van der Waals surface area contributed by atoms with E-state index in [0.29, 0.717) is 44.7 Å². The van der Waals surface area contributed by atoms with Crippen molar-refractivity contribution in [2.45, 2.75) is 25.5 Å². The van der Waals surface area contributed by atoms with E-state index in [4.69, 9.17) is 21.1 Å². The molecule has 208 valence electrons. The number of aliphatic hydroxyl groups is 1. The summed E-state index contributed by atoms with van der Waals surface area (Å²) in [5.41, 5.74) is 2.57. The molecule has 3 heterocycles. The molecule has 0 aliphatic carbocycles. The van der Waals surface area contributed by atoms with Crippen molar-refractivity contribution in [3.8, 4) is 17.2 Å². The van der Waals surface area contributed by atoms with Gasteiger partial charge in [-0.1, -0.05) is 53.3 Å². The van der Waals surface area contributed by atoms with Crippen LogP contribution in [-0.4, -0.2) is 27.9 Å². The van der Waals surface area contributed by atoms with Crippen LogP contribution in [0.2, 0.25) is 5.02 Å². The number of rotatable bonds is 5. The SMILES string of the molecule is CC1Cc2cc(/C(O)=C3/C(=O)C(=O)N(c4nc5ccc(Cl)cc5s4)C3c3cccc(Oc4ccccc4)c3)ccc2O1. The minimum atomic E-state index is -0.955. The normalized spacial score (nSPS) is 19.2. The van der Waals surface area contributed by atoms with E-state index < -0.39 is 17.7 Å². The number of carbonyl (C=O) groups is 2. The molecule has 9 heteroatoms. The average Bonchev–Trinajstić information content (AvgIpc) is 3.65.